The number of nitrogens with zero attached hydrogens (tertiary/aromatic N) is 2. The zero-order valence-corrected chi connectivity index (χ0v) is 10.4. The fourth-order valence-corrected chi connectivity index (χ4v) is 1.79. The van der Waals surface area contributed by atoms with Crippen molar-refractivity contribution < 1.29 is 8.42 Å². The van der Waals surface area contributed by atoms with Crippen molar-refractivity contribution in [2.75, 3.05) is 6.26 Å². The highest BCUT2D eigenvalue weighted by Crippen LogP contribution is 2.18. The number of alkyl halides is 1. The van der Waals surface area contributed by atoms with Gasteiger partial charge in [-0.05, 0) is 13.8 Å². The number of halogens is 1. The van der Waals surface area contributed by atoms with Gasteiger partial charge in [0, 0.05) is 23.7 Å². The minimum atomic E-state index is -3.15. The Hall–Kier alpha value is -0.680. The van der Waals surface area contributed by atoms with Crippen molar-refractivity contribution in [1.82, 2.24) is 9.97 Å². The van der Waals surface area contributed by atoms with Crippen molar-refractivity contribution >= 4 is 21.4 Å². The number of rotatable bonds is 3. The van der Waals surface area contributed by atoms with E-state index in [2.05, 4.69) is 9.97 Å². The van der Waals surface area contributed by atoms with E-state index in [9.17, 15) is 8.42 Å². The van der Waals surface area contributed by atoms with Crippen LogP contribution in [0.15, 0.2) is 6.20 Å². The number of aromatic nitrogens is 2. The lowest BCUT2D eigenvalue weighted by atomic mass is 10.2. The van der Waals surface area contributed by atoms with Crippen molar-refractivity contribution in [3.05, 3.63) is 23.3 Å². The van der Waals surface area contributed by atoms with Crippen LogP contribution >= 0.6 is 11.6 Å². The monoisotopic (exact) mass is 248 g/mol. The Balaban J connectivity index is 3.13. The zero-order valence-electron chi connectivity index (χ0n) is 8.86. The first-order valence-corrected chi connectivity index (χ1v) is 6.92. The maximum Gasteiger partial charge on any atom is 0.157 e. The predicted molar refractivity (Wildman–Crippen MR) is 59.6 cm³/mol. The molecule has 0 saturated heterocycles. The molecule has 0 saturated carbocycles. The first-order valence-electron chi connectivity index (χ1n) is 4.43. The first kappa shape index (κ1) is 12.4. The molecule has 4 nitrogen and oxygen atoms in total. The second kappa shape index (κ2) is 4.45. The van der Waals surface area contributed by atoms with Gasteiger partial charge >= 0.3 is 0 Å². The van der Waals surface area contributed by atoms with Gasteiger partial charge in [-0.15, -0.1) is 11.6 Å². The van der Waals surface area contributed by atoms with Crippen molar-refractivity contribution in [2.45, 2.75) is 25.0 Å². The van der Waals surface area contributed by atoms with Crippen LogP contribution in [0.4, 0.5) is 0 Å². The summed E-state index contributed by atoms with van der Waals surface area (Å²) in [6, 6.07) is 0. The van der Waals surface area contributed by atoms with Crippen LogP contribution < -0.4 is 0 Å². The number of hydrogen-bond donors (Lipinski definition) is 0. The van der Waals surface area contributed by atoms with E-state index in [1.165, 1.54) is 6.26 Å². The Labute approximate surface area is 94.6 Å². The number of sulfone groups is 1. The van der Waals surface area contributed by atoms with Crippen molar-refractivity contribution in [1.29, 1.82) is 0 Å². The van der Waals surface area contributed by atoms with Crippen LogP contribution in [-0.4, -0.2) is 24.6 Å². The highest BCUT2D eigenvalue weighted by molar-refractivity contribution is 7.90. The fraction of sp³-hybridized carbons (Fsp3) is 0.556. The summed E-state index contributed by atoms with van der Waals surface area (Å²) in [4.78, 5) is 8.14. The summed E-state index contributed by atoms with van der Waals surface area (Å²) in [5.74, 6) is 0.656. The van der Waals surface area contributed by atoms with Crippen LogP contribution in [0.2, 0.25) is 0 Å². The quantitative estimate of drug-likeness (QED) is 0.763. The molecule has 6 heteroatoms. The Morgan fingerprint density at radius 3 is 2.53 bits per heavy atom. The number of hydrogen-bond acceptors (Lipinski definition) is 4. The van der Waals surface area contributed by atoms with E-state index in [0.29, 0.717) is 11.7 Å². The summed E-state index contributed by atoms with van der Waals surface area (Å²) < 4.78 is 22.6. The number of aryl methyl sites for hydroxylation is 1. The molecule has 0 spiro atoms. The van der Waals surface area contributed by atoms with Gasteiger partial charge in [-0.2, -0.15) is 0 Å². The third kappa shape index (κ3) is 2.89. The molecule has 1 atom stereocenters. The van der Waals surface area contributed by atoms with Crippen LogP contribution in [0, 0.1) is 6.92 Å². The standard InChI is InChI=1S/C9H13ClN2O2S/c1-6-8(4-10)5-11-9(12-6)7(2)15(3,13)14/h5,7H,4H2,1-3H3. The normalized spacial score (nSPS) is 13.9. The Bertz CT molecular complexity index is 459. The second-order valence-electron chi connectivity index (χ2n) is 3.44. The van der Waals surface area contributed by atoms with Gasteiger partial charge in [0.05, 0.1) is 5.88 Å². The molecule has 1 unspecified atom stereocenters. The Morgan fingerprint density at radius 2 is 2.13 bits per heavy atom. The van der Waals surface area contributed by atoms with Crippen LogP contribution in [0.1, 0.15) is 29.3 Å². The molecule has 0 amide bonds. The van der Waals surface area contributed by atoms with E-state index in [1.54, 1.807) is 20.0 Å². The smallest absolute Gasteiger partial charge is 0.157 e. The van der Waals surface area contributed by atoms with E-state index in [-0.39, 0.29) is 0 Å². The van der Waals surface area contributed by atoms with Crippen molar-refractivity contribution in [2.24, 2.45) is 0 Å². The maximum absolute atomic E-state index is 11.3. The summed E-state index contributed by atoms with van der Waals surface area (Å²) in [5.41, 5.74) is 1.55. The van der Waals surface area contributed by atoms with Crippen LogP contribution in [-0.2, 0) is 15.7 Å². The molecule has 0 fully saturated rings. The van der Waals surface area contributed by atoms with Crippen molar-refractivity contribution in [3.63, 3.8) is 0 Å². The summed E-state index contributed by atoms with van der Waals surface area (Å²) in [5, 5.41) is -0.680. The lowest BCUT2D eigenvalue weighted by molar-refractivity contribution is 0.589. The molecule has 0 aliphatic heterocycles. The van der Waals surface area contributed by atoms with E-state index in [0.717, 1.165) is 11.3 Å². The third-order valence-corrected chi connectivity index (χ3v) is 4.03. The fourth-order valence-electron chi connectivity index (χ4n) is 1.03. The molecular formula is C9H13ClN2O2S. The van der Waals surface area contributed by atoms with E-state index in [1.807, 2.05) is 0 Å². The molecule has 0 radical (unpaired) electrons. The Morgan fingerprint density at radius 1 is 1.53 bits per heavy atom. The molecule has 84 valence electrons. The third-order valence-electron chi connectivity index (χ3n) is 2.25. The average molecular weight is 249 g/mol. The van der Waals surface area contributed by atoms with E-state index < -0.39 is 15.1 Å². The van der Waals surface area contributed by atoms with Gasteiger partial charge in [0.2, 0.25) is 0 Å². The summed E-state index contributed by atoms with van der Waals surface area (Å²) in [6.45, 7) is 3.36. The molecule has 1 heterocycles. The molecule has 0 aliphatic rings. The van der Waals surface area contributed by atoms with Gasteiger partial charge in [0.15, 0.2) is 9.84 Å². The summed E-state index contributed by atoms with van der Waals surface area (Å²) in [7, 11) is -3.15. The second-order valence-corrected chi connectivity index (χ2v) is 6.08. The Kier molecular flexibility index (Phi) is 3.67. The molecule has 1 rings (SSSR count). The average Bonchev–Trinajstić information content (AvgIpc) is 2.15. The minimum Gasteiger partial charge on any atom is -0.240 e. The van der Waals surface area contributed by atoms with E-state index >= 15 is 0 Å². The molecule has 0 aliphatic carbocycles. The molecule has 1 aromatic rings. The molecule has 1 aromatic heterocycles. The molecular weight excluding hydrogens is 236 g/mol. The highest BCUT2D eigenvalue weighted by Gasteiger charge is 2.20. The largest absolute Gasteiger partial charge is 0.240 e. The summed E-state index contributed by atoms with van der Waals surface area (Å²) >= 11 is 5.66. The van der Waals surface area contributed by atoms with Crippen LogP contribution in [0.25, 0.3) is 0 Å². The van der Waals surface area contributed by atoms with E-state index in [4.69, 9.17) is 11.6 Å². The lowest BCUT2D eigenvalue weighted by Crippen LogP contribution is -2.12. The van der Waals surface area contributed by atoms with Gasteiger partial charge in [-0.25, -0.2) is 18.4 Å². The molecule has 15 heavy (non-hydrogen) atoms. The molecule has 0 bridgehead atoms. The van der Waals surface area contributed by atoms with Gasteiger partial charge in [0.25, 0.3) is 0 Å². The zero-order chi connectivity index (χ0) is 11.6. The van der Waals surface area contributed by atoms with Gasteiger partial charge in [-0.1, -0.05) is 0 Å². The van der Waals surface area contributed by atoms with Crippen LogP contribution in [0.3, 0.4) is 0 Å². The summed E-state index contributed by atoms with van der Waals surface area (Å²) in [6.07, 6.45) is 2.75. The highest BCUT2D eigenvalue weighted by atomic mass is 35.5. The topological polar surface area (TPSA) is 59.9 Å². The predicted octanol–water partition coefficient (Wildman–Crippen LogP) is 1.63. The molecule has 0 N–H and O–H groups in total. The van der Waals surface area contributed by atoms with Crippen LogP contribution in [0.5, 0.6) is 0 Å². The SMILES string of the molecule is Cc1nc(C(C)S(C)(=O)=O)ncc1CCl. The van der Waals surface area contributed by atoms with Crippen molar-refractivity contribution in [3.8, 4) is 0 Å². The molecule has 0 aromatic carbocycles. The lowest BCUT2D eigenvalue weighted by Gasteiger charge is -2.09. The minimum absolute atomic E-state index is 0.323. The maximum atomic E-state index is 11.3. The van der Waals surface area contributed by atoms with Gasteiger partial charge in [-0.3, -0.25) is 0 Å². The first-order chi connectivity index (χ1) is 6.86. The van der Waals surface area contributed by atoms with Gasteiger partial charge in [0.1, 0.15) is 11.1 Å². The van der Waals surface area contributed by atoms with Gasteiger partial charge < -0.3 is 0 Å².